The fourth-order valence-electron chi connectivity index (χ4n) is 1.15. The van der Waals surface area contributed by atoms with Gasteiger partial charge in [0.2, 0.25) is 0 Å². The van der Waals surface area contributed by atoms with Gasteiger partial charge in [-0.2, -0.15) is 0 Å². The first-order valence-corrected chi connectivity index (χ1v) is 4.43. The topological polar surface area (TPSA) is 0 Å². The maximum Gasteiger partial charge on any atom is 0.00596 e. The van der Waals surface area contributed by atoms with Crippen molar-refractivity contribution in [3.8, 4) is 0 Å². The van der Waals surface area contributed by atoms with E-state index in [0.29, 0.717) is 0 Å². The second-order valence-corrected chi connectivity index (χ2v) is 3.11. The van der Waals surface area contributed by atoms with E-state index in [-0.39, 0.29) is 0 Å². The molecular weight excluding hydrogens is 164 g/mol. The molecule has 1 heteroatoms. The Kier molecular flexibility index (Phi) is 2.88. The van der Waals surface area contributed by atoms with Crippen LogP contribution >= 0.6 is 15.9 Å². The van der Waals surface area contributed by atoms with Gasteiger partial charge in [0, 0.05) is 5.33 Å². The molecule has 1 aliphatic carbocycles. The second kappa shape index (κ2) is 3.49. The van der Waals surface area contributed by atoms with Crippen LogP contribution in [0.2, 0.25) is 0 Å². The molecule has 47 valence electrons. The fourth-order valence-corrected chi connectivity index (χ4v) is 1.80. The molecule has 0 aromatic carbocycles. The van der Waals surface area contributed by atoms with Gasteiger partial charge in [0.25, 0.3) is 0 Å². The summed E-state index contributed by atoms with van der Waals surface area (Å²) in [5.74, 6) is 0.972. The van der Waals surface area contributed by atoms with Crippen LogP contribution in [0, 0.1) is 12.3 Å². The molecule has 0 aromatic rings. The third-order valence-corrected chi connectivity index (χ3v) is 2.69. The van der Waals surface area contributed by atoms with Crippen LogP contribution < -0.4 is 0 Å². The lowest BCUT2D eigenvalue weighted by molar-refractivity contribution is 0.449. The Morgan fingerprint density at radius 3 is 2.38 bits per heavy atom. The predicted octanol–water partition coefficient (Wildman–Crippen LogP) is 2.78. The highest BCUT2D eigenvalue weighted by Crippen LogP contribution is 2.23. The molecule has 1 aliphatic rings. The SMILES string of the molecule is BrCC1CC[CH]CC1. The molecule has 0 nitrogen and oxygen atoms in total. The third kappa shape index (κ3) is 1.77. The number of halogens is 1. The van der Waals surface area contributed by atoms with E-state index in [2.05, 4.69) is 22.4 Å². The van der Waals surface area contributed by atoms with Crippen molar-refractivity contribution in [3.63, 3.8) is 0 Å². The van der Waals surface area contributed by atoms with Crippen LogP contribution in [0.4, 0.5) is 0 Å². The van der Waals surface area contributed by atoms with E-state index < -0.39 is 0 Å². The van der Waals surface area contributed by atoms with Crippen molar-refractivity contribution in [2.45, 2.75) is 25.7 Å². The van der Waals surface area contributed by atoms with E-state index in [0.717, 1.165) is 5.92 Å². The lowest BCUT2D eigenvalue weighted by Gasteiger charge is -2.17. The minimum Gasteiger partial charge on any atom is -0.0925 e. The first kappa shape index (κ1) is 6.60. The maximum atomic E-state index is 3.50. The summed E-state index contributed by atoms with van der Waals surface area (Å²) in [6.45, 7) is 0. The third-order valence-electron chi connectivity index (χ3n) is 1.78. The minimum absolute atomic E-state index is 0.972. The zero-order chi connectivity index (χ0) is 5.82. The van der Waals surface area contributed by atoms with Crippen molar-refractivity contribution in [3.05, 3.63) is 6.42 Å². The Hall–Kier alpha value is 0.480. The Morgan fingerprint density at radius 1 is 1.38 bits per heavy atom. The molecule has 1 rings (SSSR count). The Labute approximate surface area is 59.8 Å². The first-order chi connectivity index (χ1) is 3.93. The van der Waals surface area contributed by atoms with Gasteiger partial charge >= 0.3 is 0 Å². The normalized spacial score (nSPS) is 23.6. The first-order valence-electron chi connectivity index (χ1n) is 3.31. The number of rotatable bonds is 1. The van der Waals surface area contributed by atoms with Gasteiger partial charge in [-0.3, -0.25) is 0 Å². The smallest absolute Gasteiger partial charge is 0.00596 e. The summed E-state index contributed by atoms with van der Waals surface area (Å²) < 4.78 is 0. The Bertz CT molecular complexity index is 55.4. The monoisotopic (exact) mass is 175 g/mol. The summed E-state index contributed by atoms with van der Waals surface area (Å²) in [5, 5.41) is 1.21. The summed E-state index contributed by atoms with van der Waals surface area (Å²) in [5.41, 5.74) is 0. The van der Waals surface area contributed by atoms with E-state index in [9.17, 15) is 0 Å². The number of alkyl halides is 1. The van der Waals surface area contributed by atoms with Crippen molar-refractivity contribution in [1.82, 2.24) is 0 Å². The van der Waals surface area contributed by atoms with Crippen molar-refractivity contribution in [1.29, 1.82) is 0 Å². The summed E-state index contributed by atoms with van der Waals surface area (Å²) in [4.78, 5) is 0. The second-order valence-electron chi connectivity index (χ2n) is 2.46. The van der Waals surface area contributed by atoms with E-state index in [1.165, 1.54) is 31.0 Å². The van der Waals surface area contributed by atoms with Crippen molar-refractivity contribution < 1.29 is 0 Å². The van der Waals surface area contributed by atoms with E-state index in [4.69, 9.17) is 0 Å². The number of hydrogen-bond donors (Lipinski definition) is 0. The zero-order valence-corrected chi connectivity index (χ0v) is 6.65. The van der Waals surface area contributed by atoms with Crippen LogP contribution in [0.15, 0.2) is 0 Å². The Morgan fingerprint density at radius 2 is 2.00 bits per heavy atom. The van der Waals surface area contributed by atoms with Gasteiger partial charge in [0.05, 0.1) is 0 Å². The largest absolute Gasteiger partial charge is 0.0925 e. The van der Waals surface area contributed by atoms with E-state index in [1.807, 2.05) is 0 Å². The van der Waals surface area contributed by atoms with Crippen LogP contribution in [0.1, 0.15) is 25.7 Å². The molecule has 0 saturated heterocycles. The molecule has 1 fully saturated rings. The van der Waals surface area contributed by atoms with Gasteiger partial charge in [-0.25, -0.2) is 0 Å². The average Bonchev–Trinajstić information content (AvgIpc) is 1.90. The molecule has 0 spiro atoms. The Balaban J connectivity index is 2.13. The van der Waals surface area contributed by atoms with Crippen LogP contribution in [0.3, 0.4) is 0 Å². The molecule has 1 saturated carbocycles. The minimum atomic E-state index is 0.972. The molecule has 0 bridgehead atoms. The van der Waals surface area contributed by atoms with Gasteiger partial charge in [0.1, 0.15) is 0 Å². The summed E-state index contributed by atoms with van der Waals surface area (Å²) >= 11 is 3.50. The average molecular weight is 176 g/mol. The zero-order valence-electron chi connectivity index (χ0n) is 5.07. The van der Waals surface area contributed by atoms with E-state index in [1.54, 1.807) is 0 Å². The highest BCUT2D eigenvalue weighted by molar-refractivity contribution is 9.09. The quantitative estimate of drug-likeness (QED) is 0.539. The molecule has 0 atom stereocenters. The van der Waals surface area contributed by atoms with Crippen molar-refractivity contribution in [2.75, 3.05) is 5.33 Å². The molecule has 0 N–H and O–H groups in total. The van der Waals surface area contributed by atoms with Crippen molar-refractivity contribution in [2.24, 2.45) is 5.92 Å². The lowest BCUT2D eigenvalue weighted by atomic mass is 9.91. The van der Waals surface area contributed by atoms with Crippen LogP contribution in [-0.2, 0) is 0 Å². The molecule has 0 aliphatic heterocycles. The van der Waals surface area contributed by atoms with Crippen LogP contribution in [0.25, 0.3) is 0 Å². The van der Waals surface area contributed by atoms with E-state index >= 15 is 0 Å². The predicted molar refractivity (Wildman–Crippen MR) is 40.1 cm³/mol. The fraction of sp³-hybridized carbons (Fsp3) is 0.857. The lowest BCUT2D eigenvalue weighted by Crippen LogP contribution is -2.06. The summed E-state index contributed by atoms with van der Waals surface area (Å²) in [6.07, 6.45) is 7.90. The molecule has 0 heterocycles. The highest BCUT2D eigenvalue weighted by Gasteiger charge is 2.10. The van der Waals surface area contributed by atoms with Crippen molar-refractivity contribution >= 4 is 15.9 Å². The molecule has 1 radical (unpaired) electrons. The summed E-state index contributed by atoms with van der Waals surface area (Å²) in [6, 6.07) is 0. The maximum absolute atomic E-state index is 3.50. The molecule has 0 amide bonds. The van der Waals surface area contributed by atoms with Gasteiger partial charge < -0.3 is 0 Å². The molecule has 0 aromatic heterocycles. The molecule has 0 unspecified atom stereocenters. The molecule has 8 heavy (non-hydrogen) atoms. The number of hydrogen-bond acceptors (Lipinski definition) is 0. The standard InChI is InChI=1S/C7H12Br/c8-6-7-4-2-1-3-5-7/h1,7H,2-6H2. The van der Waals surface area contributed by atoms with Gasteiger partial charge in [-0.05, 0) is 38.0 Å². The van der Waals surface area contributed by atoms with Crippen LogP contribution in [0.5, 0.6) is 0 Å². The van der Waals surface area contributed by atoms with Gasteiger partial charge in [0.15, 0.2) is 0 Å². The highest BCUT2D eigenvalue weighted by atomic mass is 79.9. The molecular formula is C7H12Br. The van der Waals surface area contributed by atoms with Gasteiger partial charge in [-0.15, -0.1) is 0 Å². The van der Waals surface area contributed by atoms with Gasteiger partial charge in [-0.1, -0.05) is 15.9 Å². The summed E-state index contributed by atoms with van der Waals surface area (Å²) in [7, 11) is 0. The van der Waals surface area contributed by atoms with Crippen LogP contribution in [-0.4, -0.2) is 5.33 Å².